The maximum Gasteiger partial charge on any atom is 0.336 e. The van der Waals surface area contributed by atoms with Gasteiger partial charge in [-0.05, 0) is 23.8 Å². The summed E-state index contributed by atoms with van der Waals surface area (Å²) in [6.07, 6.45) is 0. The van der Waals surface area contributed by atoms with Gasteiger partial charge >= 0.3 is 5.97 Å². The molecule has 0 radical (unpaired) electrons. The smallest absolute Gasteiger partial charge is 0.336 e. The van der Waals surface area contributed by atoms with Gasteiger partial charge in [-0.3, -0.25) is 0 Å². The topological polar surface area (TPSA) is 55.8 Å². The highest BCUT2D eigenvalue weighted by Crippen LogP contribution is 2.37. The SMILES string of the molecule is CC1COC(C)(c2ccc(C(=O)O)c3ccccc23)OC1. The molecule has 1 heterocycles. The average molecular weight is 286 g/mol. The third-order valence-electron chi connectivity index (χ3n) is 3.93. The number of carboxylic acids is 1. The summed E-state index contributed by atoms with van der Waals surface area (Å²) in [7, 11) is 0. The van der Waals surface area contributed by atoms with Gasteiger partial charge in [-0.2, -0.15) is 0 Å². The van der Waals surface area contributed by atoms with Gasteiger partial charge in [-0.1, -0.05) is 37.3 Å². The third kappa shape index (κ3) is 2.41. The fourth-order valence-corrected chi connectivity index (χ4v) is 2.73. The second kappa shape index (κ2) is 5.13. The lowest BCUT2D eigenvalue weighted by Gasteiger charge is -2.37. The number of hydrogen-bond donors (Lipinski definition) is 1. The number of aromatic carboxylic acids is 1. The monoisotopic (exact) mass is 286 g/mol. The van der Waals surface area contributed by atoms with Crippen molar-refractivity contribution in [1.82, 2.24) is 0 Å². The Kier molecular flexibility index (Phi) is 3.43. The molecule has 21 heavy (non-hydrogen) atoms. The van der Waals surface area contributed by atoms with E-state index in [1.54, 1.807) is 12.1 Å². The summed E-state index contributed by atoms with van der Waals surface area (Å²) in [5, 5.41) is 10.9. The van der Waals surface area contributed by atoms with Crippen LogP contribution in [0.2, 0.25) is 0 Å². The molecule has 0 bridgehead atoms. The maximum absolute atomic E-state index is 11.4. The molecular weight excluding hydrogens is 268 g/mol. The summed E-state index contributed by atoms with van der Waals surface area (Å²) in [6.45, 7) is 5.23. The summed E-state index contributed by atoms with van der Waals surface area (Å²) in [5.41, 5.74) is 1.16. The number of hydrogen-bond acceptors (Lipinski definition) is 3. The van der Waals surface area contributed by atoms with Crippen molar-refractivity contribution in [2.45, 2.75) is 19.6 Å². The van der Waals surface area contributed by atoms with Gasteiger partial charge in [-0.15, -0.1) is 0 Å². The first-order chi connectivity index (χ1) is 10.0. The molecule has 2 aromatic carbocycles. The second-order valence-corrected chi connectivity index (χ2v) is 5.68. The molecule has 3 rings (SSSR count). The molecule has 0 aliphatic carbocycles. The summed E-state index contributed by atoms with van der Waals surface area (Å²) >= 11 is 0. The minimum Gasteiger partial charge on any atom is -0.478 e. The average Bonchev–Trinajstić information content (AvgIpc) is 2.49. The van der Waals surface area contributed by atoms with E-state index in [9.17, 15) is 9.90 Å². The lowest BCUT2D eigenvalue weighted by Crippen LogP contribution is -2.38. The fraction of sp³-hybridized carbons (Fsp3) is 0.353. The maximum atomic E-state index is 11.4. The Balaban J connectivity index is 2.16. The molecule has 4 nitrogen and oxygen atoms in total. The van der Waals surface area contributed by atoms with E-state index in [-0.39, 0.29) is 0 Å². The van der Waals surface area contributed by atoms with E-state index in [1.807, 2.05) is 31.2 Å². The molecule has 0 unspecified atom stereocenters. The highest BCUT2D eigenvalue weighted by atomic mass is 16.7. The lowest BCUT2D eigenvalue weighted by molar-refractivity contribution is -0.279. The Morgan fingerprint density at radius 2 is 1.76 bits per heavy atom. The summed E-state index contributed by atoms with van der Waals surface area (Å²) in [4.78, 5) is 11.4. The number of benzene rings is 2. The highest BCUT2D eigenvalue weighted by Gasteiger charge is 2.35. The van der Waals surface area contributed by atoms with Crippen molar-refractivity contribution >= 4 is 16.7 Å². The van der Waals surface area contributed by atoms with Crippen LogP contribution in [-0.4, -0.2) is 24.3 Å². The van der Waals surface area contributed by atoms with E-state index >= 15 is 0 Å². The molecule has 0 amide bonds. The van der Waals surface area contributed by atoms with Crippen LogP contribution in [0.3, 0.4) is 0 Å². The Labute approximate surface area is 123 Å². The van der Waals surface area contributed by atoms with Crippen LogP contribution >= 0.6 is 0 Å². The predicted octanol–water partition coefficient (Wildman–Crippen LogP) is 3.39. The Hall–Kier alpha value is -1.91. The van der Waals surface area contributed by atoms with Crippen LogP contribution < -0.4 is 0 Å². The molecule has 110 valence electrons. The number of fused-ring (bicyclic) bond motifs is 1. The van der Waals surface area contributed by atoms with Gasteiger partial charge in [0.05, 0.1) is 18.8 Å². The molecule has 2 aromatic rings. The standard InChI is InChI=1S/C17H18O4/c1-11-9-20-17(2,21-10-11)15-8-7-14(16(18)19)12-5-3-4-6-13(12)15/h3-8,11H,9-10H2,1-2H3,(H,18,19). The van der Waals surface area contributed by atoms with E-state index in [4.69, 9.17) is 9.47 Å². The van der Waals surface area contributed by atoms with Gasteiger partial charge in [-0.25, -0.2) is 4.79 Å². The Morgan fingerprint density at radius 1 is 1.14 bits per heavy atom. The first-order valence-corrected chi connectivity index (χ1v) is 7.05. The molecule has 1 aliphatic heterocycles. The van der Waals surface area contributed by atoms with Gasteiger partial charge in [0, 0.05) is 11.5 Å². The third-order valence-corrected chi connectivity index (χ3v) is 3.93. The minimum absolute atomic E-state index is 0.294. The van der Waals surface area contributed by atoms with E-state index < -0.39 is 11.8 Å². The summed E-state index contributed by atoms with van der Waals surface area (Å²) in [6, 6.07) is 10.9. The van der Waals surface area contributed by atoms with Crippen molar-refractivity contribution in [3.05, 3.63) is 47.5 Å². The van der Waals surface area contributed by atoms with Gasteiger partial charge in [0.1, 0.15) is 0 Å². The van der Waals surface area contributed by atoms with Gasteiger partial charge in [0.25, 0.3) is 0 Å². The molecule has 1 saturated heterocycles. The highest BCUT2D eigenvalue weighted by molar-refractivity contribution is 6.04. The summed E-state index contributed by atoms with van der Waals surface area (Å²) < 4.78 is 11.8. The van der Waals surface area contributed by atoms with Crippen LogP contribution in [-0.2, 0) is 15.3 Å². The number of rotatable bonds is 2. The predicted molar refractivity (Wildman–Crippen MR) is 79.3 cm³/mol. The first kappa shape index (κ1) is 14.0. The summed E-state index contributed by atoms with van der Waals surface area (Å²) in [5.74, 6) is -1.40. The quantitative estimate of drug-likeness (QED) is 0.919. The molecular formula is C17H18O4. The van der Waals surface area contributed by atoms with E-state index in [0.717, 1.165) is 10.9 Å². The van der Waals surface area contributed by atoms with Crippen molar-refractivity contribution in [3.63, 3.8) is 0 Å². The zero-order chi connectivity index (χ0) is 15.0. The largest absolute Gasteiger partial charge is 0.478 e. The number of carboxylic acid groups (broad SMARTS) is 1. The van der Waals surface area contributed by atoms with Gasteiger partial charge in [0.15, 0.2) is 5.79 Å². The minimum atomic E-state index is -0.929. The molecule has 1 N–H and O–H groups in total. The van der Waals surface area contributed by atoms with Crippen molar-refractivity contribution in [3.8, 4) is 0 Å². The molecule has 1 fully saturated rings. The van der Waals surface area contributed by atoms with E-state index in [0.29, 0.717) is 30.1 Å². The van der Waals surface area contributed by atoms with E-state index in [2.05, 4.69) is 6.92 Å². The zero-order valence-electron chi connectivity index (χ0n) is 12.1. The lowest BCUT2D eigenvalue weighted by atomic mass is 9.94. The molecule has 0 saturated carbocycles. The van der Waals surface area contributed by atoms with Crippen LogP contribution in [0.1, 0.15) is 29.8 Å². The second-order valence-electron chi connectivity index (χ2n) is 5.68. The van der Waals surface area contributed by atoms with Crippen molar-refractivity contribution in [1.29, 1.82) is 0 Å². The van der Waals surface area contributed by atoms with Crippen LogP contribution in [0.15, 0.2) is 36.4 Å². The van der Waals surface area contributed by atoms with Crippen LogP contribution in [0.4, 0.5) is 0 Å². The van der Waals surface area contributed by atoms with Crippen molar-refractivity contribution in [2.24, 2.45) is 5.92 Å². The Bertz CT molecular complexity index is 684. The molecule has 4 heteroatoms. The number of ether oxygens (including phenoxy) is 2. The van der Waals surface area contributed by atoms with Crippen LogP contribution in [0.25, 0.3) is 10.8 Å². The van der Waals surface area contributed by atoms with E-state index in [1.165, 1.54) is 0 Å². The molecule has 0 aromatic heterocycles. The van der Waals surface area contributed by atoms with Gasteiger partial charge < -0.3 is 14.6 Å². The van der Waals surface area contributed by atoms with Crippen LogP contribution in [0.5, 0.6) is 0 Å². The number of carbonyl (C=O) groups is 1. The normalized spacial score (nSPS) is 25.9. The molecule has 1 aliphatic rings. The van der Waals surface area contributed by atoms with Crippen molar-refractivity contribution < 1.29 is 19.4 Å². The van der Waals surface area contributed by atoms with Crippen LogP contribution in [0, 0.1) is 5.92 Å². The van der Waals surface area contributed by atoms with Crippen molar-refractivity contribution in [2.75, 3.05) is 13.2 Å². The first-order valence-electron chi connectivity index (χ1n) is 7.05. The Morgan fingerprint density at radius 3 is 2.38 bits per heavy atom. The molecule has 0 atom stereocenters. The van der Waals surface area contributed by atoms with Gasteiger partial charge in [0.2, 0.25) is 0 Å². The zero-order valence-corrected chi connectivity index (χ0v) is 12.1. The molecule has 0 spiro atoms. The fourth-order valence-electron chi connectivity index (χ4n) is 2.73.